The number of nitrogens with zero attached hydrogens (tertiary/aromatic N) is 4. The molecule has 10 aromatic rings. The number of benzene rings is 6. The van der Waals surface area contributed by atoms with E-state index in [9.17, 15) is 0 Å². The van der Waals surface area contributed by atoms with Crippen molar-refractivity contribution in [2.75, 3.05) is 0 Å². The standard InChI is InChI=1S/C53H32N4O/c1-2-12-35(13-3-1)52-56-47(30-48(57-52)38-24-27-46(55-32-38)37-14-10-28-54-31-37)36-23-22-34-21-20-33-11-4-7-17-42(33)53(45(34)29-36)43-18-8-5-16-41(43)50-44(53)26-25-40-39-15-6-9-19-49(39)58-51(40)50/h1-32H. The van der Waals surface area contributed by atoms with Crippen molar-refractivity contribution in [2.45, 2.75) is 5.41 Å². The summed E-state index contributed by atoms with van der Waals surface area (Å²) in [5.41, 5.74) is 17.0. The molecule has 6 aromatic carbocycles. The molecule has 0 aliphatic heterocycles. The van der Waals surface area contributed by atoms with Gasteiger partial charge in [0.15, 0.2) is 5.82 Å². The maximum Gasteiger partial charge on any atom is 0.160 e. The van der Waals surface area contributed by atoms with Crippen molar-refractivity contribution < 1.29 is 4.42 Å². The van der Waals surface area contributed by atoms with Crippen LogP contribution >= 0.6 is 0 Å². The number of para-hydroxylation sites is 1. The van der Waals surface area contributed by atoms with E-state index in [4.69, 9.17) is 19.4 Å². The highest BCUT2D eigenvalue weighted by Gasteiger charge is 2.49. The first kappa shape index (κ1) is 32.5. The van der Waals surface area contributed by atoms with E-state index >= 15 is 0 Å². The molecule has 1 spiro atoms. The Hall–Kier alpha value is -7.76. The molecule has 58 heavy (non-hydrogen) atoms. The first-order valence-electron chi connectivity index (χ1n) is 19.5. The van der Waals surface area contributed by atoms with Crippen LogP contribution in [0.1, 0.15) is 33.4 Å². The lowest BCUT2D eigenvalue weighted by atomic mass is 9.65. The van der Waals surface area contributed by atoms with Crippen LogP contribution in [0.2, 0.25) is 0 Å². The minimum absolute atomic E-state index is 0.644. The molecule has 2 aliphatic rings. The second-order valence-corrected chi connectivity index (χ2v) is 15.0. The lowest BCUT2D eigenvalue weighted by Gasteiger charge is -2.35. The minimum atomic E-state index is -0.644. The summed E-state index contributed by atoms with van der Waals surface area (Å²) >= 11 is 0. The van der Waals surface area contributed by atoms with Gasteiger partial charge in [-0.05, 0) is 81.4 Å². The van der Waals surface area contributed by atoms with E-state index in [1.54, 1.807) is 6.20 Å². The van der Waals surface area contributed by atoms with Crippen molar-refractivity contribution in [3.8, 4) is 56.3 Å². The highest BCUT2D eigenvalue weighted by Crippen LogP contribution is 2.60. The number of pyridine rings is 2. The van der Waals surface area contributed by atoms with Gasteiger partial charge in [-0.25, -0.2) is 9.97 Å². The number of hydrogen-bond acceptors (Lipinski definition) is 5. The van der Waals surface area contributed by atoms with Gasteiger partial charge in [0.05, 0.1) is 22.5 Å². The van der Waals surface area contributed by atoms with Gasteiger partial charge in [-0.15, -0.1) is 0 Å². The first-order valence-corrected chi connectivity index (χ1v) is 19.5. The lowest BCUT2D eigenvalue weighted by Crippen LogP contribution is -2.30. The zero-order valence-corrected chi connectivity index (χ0v) is 31.2. The first-order chi connectivity index (χ1) is 28.7. The molecule has 0 saturated carbocycles. The number of fused-ring (bicyclic) bond motifs is 13. The van der Waals surface area contributed by atoms with Gasteiger partial charge in [0.1, 0.15) is 11.2 Å². The fourth-order valence-electron chi connectivity index (χ4n) is 9.31. The topological polar surface area (TPSA) is 64.7 Å². The SMILES string of the molecule is C1=Cc2ccc(-c3cc(-c4ccc(-c5cccnc5)nc4)nc(-c4ccccc4)n3)cc2C2(c3ccccc31)c1ccccc1-c1c2ccc2c1oc1ccccc12. The van der Waals surface area contributed by atoms with Crippen molar-refractivity contribution in [3.05, 3.63) is 216 Å². The summed E-state index contributed by atoms with van der Waals surface area (Å²) in [4.78, 5) is 19.5. The second kappa shape index (κ2) is 12.6. The van der Waals surface area contributed by atoms with Gasteiger partial charge >= 0.3 is 0 Å². The third-order valence-corrected chi connectivity index (χ3v) is 11.9. The summed E-state index contributed by atoms with van der Waals surface area (Å²) in [6.07, 6.45) is 10.0. The average Bonchev–Trinajstić information content (AvgIpc) is 3.78. The van der Waals surface area contributed by atoms with Gasteiger partial charge in [0.25, 0.3) is 0 Å². The fourth-order valence-corrected chi connectivity index (χ4v) is 9.31. The molecule has 4 heterocycles. The molecule has 0 amide bonds. The van der Waals surface area contributed by atoms with Crippen LogP contribution in [0.25, 0.3) is 90.4 Å². The van der Waals surface area contributed by atoms with Crippen LogP contribution in [0.4, 0.5) is 0 Å². The summed E-state index contributed by atoms with van der Waals surface area (Å²) in [7, 11) is 0. The Morgan fingerprint density at radius 2 is 1.17 bits per heavy atom. The molecule has 2 aliphatic carbocycles. The maximum atomic E-state index is 6.79. The van der Waals surface area contributed by atoms with E-state index in [1.807, 2.05) is 54.9 Å². The van der Waals surface area contributed by atoms with Crippen LogP contribution in [-0.2, 0) is 5.41 Å². The van der Waals surface area contributed by atoms with Crippen LogP contribution in [0.3, 0.4) is 0 Å². The van der Waals surface area contributed by atoms with E-state index < -0.39 is 5.41 Å². The van der Waals surface area contributed by atoms with Crippen molar-refractivity contribution in [2.24, 2.45) is 0 Å². The normalized spacial score (nSPS) is 14.9. The molecule has 0 bridgehead atoms. The molecule has 5 nitrogen and oxygen atoms in total. The third kappa shape index (κ3) is 4.77. The average molecular weight is 741 g/mol. The van der Waals surface area contributed by atoms with E-state index in [2.05, 4.69) is 138 Å². The Kier molecular flexibility index (Phi) is 7.07. The number of hydrogen-bond donors (Lipinski definition) is 0. The number of furan rings is 1. The Morgan fingerprint density at radius 3 is 2.02 bits per heavy atom. The molecular formula is C53H32N4O. The van der Waals surface area contributed by atoms with Crippen LogP contribution < -0.4 is 0 Å². The van der Waals surface area contributed by atoms with Gasteiger partial charge in [-0.2, -0.15) is 0 Å². The molecule has 4 aromatic heterocycles. The van der Waals surface area contributed by atoms with Crippen LogP contribution in [0, 0.1) is 0 Å². The Balaban J connectivity index is 1.11. The summed E-state index contributed by atoms with van der Waals surface area (Å²) in [5.74, 6) is 0.656. The van der Waals surface area contributed by atoms with E-state index in [1.165, 1.54) is 33.4 Å². The van der Waals surface area contributed by atoms with Gasteiger partial charge in [0.2, 0.25) is 0 Å². The van der Waals surface area contributed by atoms with Crippen molar-refractivity contribution >= 4 is 34.1 Å². The Labute approximate surface area is 334 Å². The van der Waals surface area contributed by atoms with Gasteiger partial charge in [-0.1, -0.05) is 133 Å². The van der Waals surface area contributed by atoms with Crippen LogP contribution in [0.15, 0.2) is 187 Å². The van der Waals surface area contributed by atoms with Crippen molar-refractivity contribution in [3.63, 3.8) is 0 Å². The predicted molar refractivity (Wildman–Crippen MR) is 233 cm³/mol. The van der Waals surface area contributed by atoms with Gasteiger partial charge < -0.3 is 4.42 Å². The van der Waals surface area contributed by atoms with Crippen molar-refractivity contribution in [1.82, 2.24) is 19.9 Å². The largest absolute Gasteiger partial charge is 0.455 e. The molecule has 0 radical (unpaired) electrons. The fraction of sp³-hybridized carbons (Fsp3) is 0.0189. The number of rotatable bonds is 4. The zero-order chi connectivity index (χ0) is 38.2. The summed E-state index contributed by atoms with van der Waals surface area (Å²) in [6.45, 7) is 0. The van der Waals surface area contributed by atoms with Crippen LogP contribution in [-0.4, -0.2) is 19.9 Å². The van der Waals surface area contributed by atoms with E-state index in [0.29, 0.717) is 5.82 Å². The molecule has 1 atom stereocenters. The Morgan fingerprint density at radius 1 is 0.448 bits per heavy atom. The Bertz CT molecular complexity index is 3280. The van der Waals surface area contributed by atoms with Gasteiger partial charge in [-0.3, -0.25) is 9.97 Å². The summed E-state index contributed by atoms with van der Waals surface area (Å²) < 4.78 is 6.79. The molecule has 270 valence electrons. The maximum absolute atomic E-state index is 6.79. The van der Waals surface area contributed by atoms with Gasteiger partial charge in [0, 0.05) is 57.2 Å². The molecule has 0 fully saturated rings. The quantitative estimate of drug-likeness (QED) is 0.180. The molecule has 12 rings (SSSR count). The monoisotopic (exact) mass is 740 g/mol. The van der Waals surface area contributed by atoms with E-state index in [-0.39, 0.29) is 0 Å². The van der Waals surface area contributed by atoms with Crippen molar-refractivity contribution in [1.29, 1.82) is 0 Å². The zero-order valence-electron chi connectivity index (χ0n) is 31.2. The van der Waals surface area contributed by atoms with E-state index in [0.717, 1.165) is 72.4 Å². The molecular weight excluding hydrogens is 709 g/mol. The minimum Gasteiger partial charge on any atom is -0.455 e. The molecule has 5 heteroatoms. The van der Waals surface area contributed by atoms with Crippen LogP contribution in [0.5, 0.6) is 0 Å². The second-order valence-electron chi connectivity index (χ2n) is 15.0. The number of aromatic nitrogens is 4. The third-order valence-electron chi connectivity index (χ3n) is 11.9. The predicted octanol–water partition coefficient (Wildman–Crippen LogP) is 12.7. The molecule has 0 N–H and O–H groups in total. The highest BCUT2D eigenvalue weighted by atomic mass is 16.3. The summed E-state index contributed by atoms with van der Waals surface area (Å²) in [6, 6.07) is 57.8. The smallest absolute Gasteiger partial charge is 0.160 e. The molecule has 0 saturated heterocycles. The highest BCUT2D eigenvalue weighted by molar-refractivity contribution is 6.12. The molecule has 1 unspecified atom stereocenters. The lowest BCUT2D eigenvalue weighted by molar-refractivity contribution is 0.669. The summed E-state index contributed by atoms with van der Waals surface area (Å²) in [5, 5.41) is 2.25.